The van der Waals surface area contributed by atoms with Gasteiger partial charge in [-0.05, 0) is 30.3 Å². The van der Waals surface area contributed by atoms with Crippen LogP contribution in [-0.4, -0.2) is 23.7 Å². The first-order chi connectivity index (χ1) is 10.6. The van der Waals surface area contributed by atoms with Crippen LogP contribution in [0.4, 0.5) is 10.1 Å². The van der Waals surface area contributed by atoms with E-state index in [0.717, 1.165) is 0 Å². The van der Waals surface area contributed by atoms with Crippen molar-refractivity contribution in [2.24, 2.45) is 0 Å². The highest BCUT2D eigenvalue weighted by molar-refractivity contribution is 6.48. The number of likely N-dealkylation sites (N-methyl/N-ethyl adjacent to an activating group) is 1. The summed E-state index contributed by atoms with van der Waals surface area (Å²) in [7, 11) is 1.53. The largest absolute Gasteiger partial charge is 0.360 e. The molecule has 0 atom stereocenters. The summed E-state index contributed by atoms with van der Waals surface area (Å²) in [5.74, 6) is -1.80. The number of amides is 1. The SMILES string of the molecule is CN(C(=O)C(=O)c1c[nH]c2ccc(F)cc12)c1ccccc1. The molecule has 0 spiro atoms. The van der Waals surface area contributed by atoms with Crippen molar-refractivity contribution < 1.29 is 14.0 Å². The molecule has 3 aromatic rings. The third kappa shape index (κ3) is 2.37. The molecule has 4 nitrogen and oxygen atoms in total. The summed E-state index contributed by atoms with van der Waals surface area (Å²) in [4.78, 5) is 28.9. The number of hydrogen-bond donors (Lipinski definition) is 1. The van der Waals surface area contributed by atoms with E-state index >= 15 is 0 Å². The van der Waals surface area contributed by atoms with E-state index in [1.54, 1.807) is 24.3 Å². The van der Waals surface area contributed by atoms with Gasteiger partial charge in [0.2, 0.25) is 0 Å². The Bertz CT molecular complexity index is 855. The minimum atomic E-state index is -0.678. The molecule has 0 aliphatic heterocycles. The number of aromatic amines is 1. The summed E-state index contributed by atoms with van der Waals surface area (Å²) < 4.78 is 13.4. The highest BCUT2D eigenvalue weighted by Gasteiger charge is 2.24. The molecular formula is C17H13FN2O2. The lowest BCUT2D eigenvalue weighted by atomic mass is 10.1. The number of aromatic nitrogens is 1. The van der Waals surface area contributed by atoms with Gasteiger partial charge in [0.15, 0.2) is 0 Å². The zero-order chi connectivity index (χ0) is 15.7. The van der Waals surface area contributed by atoms with Crippen molar-refractivity contribution in [3.8, 4) is 0 Å². The number of fused-ring (bicyclic) bond motifs is 1. The fourth-order valence-electron chi connectivity index (χ4n) is 2.32. The second-order valence-corrected chi connectivity index (χ2v) is 4.92. The van der Waals surface area contributed by atoms with Crippen LogP contribution in [-0.2, 0) is 4.79 Å². The topological polar surface area (TPSA) is 53.2 Å². The van der Waals surface area contributed by atoms with E-state index in [0.29, 0.717) is 16.6 Å². The van der Waals surface area contributed by atoms with Gasteiger partial charge in [0, 0.05) is 29.8 Å². The summed E-state index contributed by atoms with van der Waals surface area (Å²) >= 11 is 0. The molecule has 0 fully saturated rings. The zero-order valence-corrected chi connectivity index (χ0v) is 11.8. The van der Waals surface area contributed by atoms with Crippen molar-refractivity contribution in [1.82, 2.24) is 4.98 Å². The lowest BCUT2D eigenvalue weighted by molar-refractivity contribution is -0.114. The molecule has 1 N–H and O–H groups in total. The molecule has 110 valence electrons. The van der Waals surface area contributed by atoms with Crippen molar-refractivity contribution in [2.75, 3.05) is 11.9 Å². The van der Waals surface area contributed by atoms with Crippen molar-refractivity contribution in [3.63, 3.8) is 0 Å². The van der Waals surface area contributed by atoms with Crippen LogP contribution >= 0.6 is 0 Å². The van der Waals surface area contributed by atoms with E-state index < -0.39 is 17.5 Å². The summed E-state index contributed by atoms with van der Waals surface area (Å²) in [5, 5.41) is 0.403. The molecule has 0 bridgehead atoms. The number of benzene rings is 2. The number of Topliss-reactive ketones (excluding diaryl/α,β-unsaturated/α-hetero) is 1. The van der Waals surface area contributed by atoms with E-state index in [2.05, 4.69) is 4.98 Å². The Morgan fingerprint density at radius 1 is 1.09 bits per heavy atom. The highest BCUT2D eigenvalue weighted by atomic mass is 19.1. The summed E-state index contributed by atoms with van der Waals surface area (Å²) in [6.07, 6.45) is 1.43. The lowest BCUT2D eigenvalue weighted by Crippen LogP contribution is -2.33. The van der Waals surface area contributed by atoms with Crippen LogP contribution < -0.4 is 4.90 Å². The maximum Gasteiger partial charge on any atom is 0.299 e. The molecule has 2 aromatic carbocycles. The summed E-state index contributed by atoms with van der Waals surface area (Å²) in [5.41, 5.74) is 1.40. The van der Waals surface area contributed by atoms with Crippen LogP contribution in [0.25, 0.3) is 10.9 Å². The van der Waals surface area contributed by atoms with E-state index in [4.69, 9.17) is 0 Å². The molecule has 1 aromatic heterocycles. The van der Waals surface area contributed by atoms with Crippen LogP contribution in [0.1, 0.15) is 10.4 Å². The van der Waals surface area contributed by atoms with E-state index in [1.165, 1.54) is 36.3 Å². The molecule has 5 heteroatoms. The van der Waals surface area contributed by atoms with Crippen molar-refractivity contribution >= 4 is 28.3 Å². The van der Waals surface area contributed by atoms with Gasteiger partial charge in [-0.25, -0.2) is 4.39 Å². The van der Waals surface area contributed by atoms with Gasteiger partial charge in [-0.3, -0.25) is 9.59 Å². The predicted octanol–water partition coefficient (Wildman–Crippen LogP) is 3.15. The van der Waals surface area contributed by atoms with Gasteiger partial charge >= 0.3 is 0 Å². The number of H-pyrrole nitrogens is 1. The standard InChI is InChI=1S/C17H13FN2O2/c1-20(12-5-3-2-4-6-12)17(22)16(21)14-10-19-15-8-7-11(18)9-13(14)15/h2-10,19H,1H3. The van der Waals surface area contributed by atoms with Gasteiger partial charge in [-0.15, -0.1) is 0 Å². The maximum atomic E-state index is 13.4. The Morgan fingerprint density at radius 3 is 2.55 bits per heavy atom. The fraction of sp³-hybridized carbons (Fsp3) is 0.0588. The normalized spacial score (nSPS) is 10.6. The summed E-state index contributed by atoms with van der Waals surface area (Å²) in [6, 6.07) is 12.9. The average Bonchev–Trinajstić information content (AvgIpc) is 2.96. The molecule has 22 heavy (non-hydrogen) atoms. The third-order valence-corrected chi connectivity index (χ3v) is 3.53. The molecule has 1 amide bonds. The molecule has 0 unspecified atom stereocenters. The van der Waals surface area contributed by atoms with Gasteiger partial charge in [-0.2, -0.15) is 0 Å². The number of ketones is 1. The van der Waals surface area contributed by atoms with Gasteiger partial charge in [-0.1, -0.05) is 18.2 Å². The molecular weight excluding hydrogens is 283 g/mol. The van der Waals surface area contributed by atoms with Crippen LogP contribution in [0.15, 0.2) is 54.7 Å². The fourth-order valence-corrected chi connectivity index (χ4v) is 2.32. The molecule has 0 saturated carbocycles. The van der Waals surface area contributed by atoms with E-state index in [9.17, 15) is 14.0 Å². The molecule has 1 heterocycles. The maximum absolute atomic E-state index is 13.4. The van der Waals surface area contributed by atoms with Crippen molar-refractivity contribution in [1.29, 1.82) is 0 Å². The molecule has 0 saturated heterocycles. The number of anilines is 1. The second kappa shape index (κ2) is 5.44. The smallest absolute Gasteiger partial charge is 0.299 e. The van der Waals surface area contributed by atoms with Crippen LogP contribution in [0.5, 0.6) is 0 Å². The average molecular weight is 296 g/mol. The number of nitrogens with zero attached hydrogens (tertiary/aromatic N) is 1. The number of hydrogen-bond acceptors (Lipinski definition) is 2. The first-order valence-corrected chi connectivity index (χ1v) is 6.72. The highest BCUT2D eigenvalue weighted by Crippen LogP contribution is 2.21. The van der Waals surface area contributed by atoms with Crippen molar-refractivity contribution in [2.45, 2.75) is 0 Å². The van der Waals surface area contributed by atoms with Gasteiger partial charge in [0.25, 0.3) is 11.7 Å². The summed E-state index contributed by atoms with van der Waals surface area (Å²) in [6.45, 7) is 0. The predicted molar refractivity (Wildman–Crippen MR) is 82.4 cm³/mol. The van der Waals surface area contributed by atoms with Gasteiger partial charge < -0.3 is 9.88 Å². The minimum absolute atomic E-state index is 0.169. The monoisotopic (exact) mass is 296 g/mol. The number of para-hydroxylation sites is 1. The van der Waals surface area contributed by atoms with E-state index in [-0.39, 0.29) is 5.56 Å². The minimum Gasteiger partial charge on any atom is -0.360 e. The number of halogens is 1. The lowest BCUT2D eigenvalue weighted by Gasteiger charge is -2.15. The first-order valence-electron chi connectivity index (χ1n) is 6.72. The van der Waals surface area contributed by atoms with E-state index in [1.807, 2.05) is 6.07 Å². The Labute approximate surface area is 126 Å². The Kier molecular flexibility index (Phi) is 3.47. The second-order valence-electron chi connectivity index (χ2n) is 4.92. The number of rotatable bonds is 3. The van der Waals surface area contributed by atoms with Gasteiger partial charge in [0.1, 0.15) is 5.82 Å². The zero-order valence-electron chi connectivity index (χ0n) is 11.8. The third-order valence-electron chi connectivity index (χ3n) is 3.53. The molecule has 0 aliphatic rings. The van der Waals surface area contributed by atoms with Crippen LogP contribution in [0.2, 0.25) is 0 Å². The van der Waals surface area contributed by atoms with Crippen LogP contribution in [0.3, 0.4) is 0 Å². The van der Waals surface area contributed by atoms with Gasteiger partial charge in [0.05, 0.1) is 5.56 Å². The number of nitrogens with one attached hydrogen (secondary N) is 1. The molecule has 0 aliphatic carbocycles. The number of carbonyl (C=O) groups excluding carboxylic acids is 2. The molecule has 0 radical (unpaired) electrons. The quantitative estimate of drug-likeness (QED) is 0.596. The Morgan fingerprint density at radius 2 is 1.82 bits per heavy atom. The Hall–Kier alpha value is -2.95. The Balaban J connectivity index is 1.95. The van der Waals surface area contributed by atoms with Crippen LogP contribution in [0, 0.1) is 5.82 Å². The number of carbonyl (C=O) groups is 2. The molecule has 3 rings (SSSR count). The van der Waals surface area contributed by atoms with Crippen molar-refractivity contribution in [3.05, 3.63) is 66.1 Å². The first kappa shape index (κ1) is 14.0.